The number of hydrogen-bond donors (Lipinski definition) is 2. The second kappa shape index (κ2) is 10.5. The number of para-hydroxylation sites is 2. The van der Waals surface area contributed by atoms with Crippen molar-refractivity contribution in [3.05, 3.63) is 90.0 Å². The SMILES string of the molecule is O=C(O)COc1cccc2c1CCC(/C=N/NC(=O)N(c1ccccc1)c1ccccc1)C2. The second-order valence-electron chi connectivity index (χ2n) is 7.78. The highest BCUT2D eigenvalue weighted by atomic mass is 16.5. The predicted octanol–water partition coefficient (Wildman–Crippen LogP) is 4.79. The number of anilines is 2. The summed E-state index contributed by atoms with van der Waals surface area (Å²) in [7, 11) is 0. The molecule has 0 radical (unpaired) electrons. The van der Waals surface area contributed by atoms with Crippen LogP contribution in [0, 0.1) is 5.92 Å². The van der Waals surface area contributed by atoms with Crippen molar-refractivity contribution in [1.29, 1.82) is 0 Å². The van der Waals surface area contributed by atoms with Crippen molar-refractivity contribution < 1.29 is 19.4 Å². The summed E-state index contributed by atoms with van der Waals surface area (Å²) in [6.45, 7) is -0.354. The van der Waals surface area contributed by atoms with Gasteiger partial charge in [-0.2, -0.15) is 5.10 Å². The molecule has 3 aromatic carbocycles. The van der Waals surface area contributed by atoms with Gasteiger partial charge in [0.15, 0.2) is 6.61 Å². The summed E-state index contributed by atoms with van der Waals surface area (Å²) in [5.41, 5.74) is 6.32. The van der Waals surface area contributed by atoms with Crippen LogP contribution in [-0.4, -0.2) is 29.9 Å². The van der Waals surface area contributed by atoms with E-state index in [1.165, 1.54) is 0 Å². The molecule has 1 unspecified atom stereocenters. The van der Waals surface area contributed by atoms with E-state index in [4.69, 9.17) is 9.84 Å². The quantitative estimate of drug-likeness (QED) is 0.406. The van der Waals surface area contributed by atoms with E-state index in [0.717, 1.165) is 41.8 Å². The van der Waals surface area contributed by atoms with E-state index in [-0.39, 0.29) is 18.6 Å². The monoisotopic (exact) mass is 443 g/mol. The number of ether oxygens (including phenoxy) is 1. The van der Waals surface area contributed by atoms with Crippen LogP contribution < -0.4 is 15.1 Å². The van der Waals surface area contributed by atoms with Gasteiger partial charge >= 0.3 is 12.0 Å². The summed E-state index contributed by atoms with van der Waals surface area (Å²) in [5.74, 6) is -0.210. The number of benzene rings is 3. The van der Waals surface area contributed by atoms with E-state index in [1.807, 2.05) is 72.8 Å². The second-order valence-corrected chi connectivity index (χ2v) is 7.78. The minimum atomic E-state index is -0.996. The molecule has 168 valence electrons. The van der Waals surface area contributed by atoms with E-state index in [0.29, 0.717) is 5.75 Å². The van der Waals surface area contributed by atoms with Crippen LogP contribution in [0.25, 0.3) is 0 Å². The van der Waals surface area contributed by atoms with Crippen LogP contribution in [0.2, 0.25) is 0 Å². The highest BCUT2D eigenvalue weighted by molar-refractivity contribution is 5.99. The third-order valence-electron chi connectivity index (χ3n) is 5.51. The van der Waals surface area contributed by atoms with E-state index < -0.39 is 5.97 Å². The Morgan fingerprint density at radius 1 is 1.00 bits per heavy atom. The number of rotatable bonds is 7. The fourth-order valence-corrected chi connectivity index (χ4v) is 3.99. The molecule has 0 aliphatic heterocycles. The van der Waals surface area contributed by atoms with Crippen molar-refractivity contribution in [2.75, 3.05) is 11.5 Å². The van der Waals surface area contributed by atoms with Gasteiger partial charge in [0.25, 0.3) is 0 Å². The minimum absolute atomic E-state index is 0.162. The Morgan fingerprint density at radius 3 is 2.30 bits per heavy atom. The zero-order valence-electron chi connectivity index (χ0n) is 18.1. The van der Waals surface area contributed by atoms with Crippen molar-refractivity contribution in [3.8, 4) is 5.75 Å². The molecule has 0 saturated carbocycles. The number of nitrogens with one attached hydrogen (secondary N) is 1. The number of carboxylic acid groups (broad SMARTS) is 1. The van der Waals surface area contributed by atoms with E-state index in [2.05, 4.69) is 10.5 Å². The van der Waals surface area contributed by atoms with Gasteiger partial charge in [-0.25, -0.2) is 15.0 Å². The van der Waals surface area contributed by atoms with Gasteiger partial charge in [-0.3, -0.25) is 4.90 Å². The fraction of sp³-hybridized carbons (Fsp3) is 0.192. The molecule has 1 aliphatic rings. The molecule has 0 heterocycles. The molecule has 7 heteroatoms. The number of hydrazone groups is 1. The molecule has 33 heavy (non-hydrogen) atoms. The molecule has 0 bridgehead atoms. The first-order valence-electron chi connectivity index (χ1n) is 10.8. The maximum absolute atomic E-state index is 13.0. The van der Waals surface area contributed by atoms with E-state index in [9.17, 15) is 9.59 Å². The summed E-state index contributed by atoms with van der Waals surface area (Å²) >= 11 is 0. The van der Waals surface area contributed by atoms with Gasteiger partial charge < -0.3 is 9.84 Å². The normalized spacial score (nSPS) is 15.0. The molecule has 0 aromatic heterocycles. The Labute approximate surface area is 192 Å². The first-order chi connectivity index (χ1) is 16.1. The number of aliphatic carboxylic acids is 1. The predicted molar refractivity (Wildman–Crippen MR) is 127 cm³/mol. The summed E-state index contributed by atoms with van der Waals surface area (Å²) in [5, 5.41) is 13.1. The van der Waals surface area contributed by atoms with Crippen LogP contribution in [0.3, 0.4) is 0 Å². The Hall–Kier alpha value is -4.13. The van der Waals surface area contributed by atoms with E-state index in [1.54, 1.807) is 17.2 Å². The zero-order chi connectivity index (χ0) is 23.0. The van der Waals surface area contributed by atoms with Crippen LogP contribution >= 0.6 is 0 Å². The van der Waals surface area contributed by atoms with Crippen molar-refractivity contribution in [2.45, 2.75) is 19.3 Å². The maximum atomic E-state index is 13.0. The van der Waals surface area contributed by atoms with Crippen LogP contribution in [0.15, 0.2) is 84.0 Å². The third kappa shape index (κ3) is 5.57. The number of urea groups is 1. The van der Waals surface area contributed by atoms with Crippen LogP contribution in [-0.2, 0) is 17.6 Å². The number of carbonyl (C=O) groups excluding carboxylic acids is 1. The molecular formula is C26H25N3O4. The first-order valence-corrected chi connectivity index (χ1v) is 10.8. The molecule has 1 aliphatic carbocycles. The highest BCUT2D eigenvalue weighted by Gasteiger charge is 2.21. The topological polar surface area (TPSA) is 91.2 Å². The van der Waals surface area contributed by atoms with Gasteiger partial charge in [-0.1, -0.05) is 48.5 Å². The molecule has 7 nitrogen and oxygen atoms in total. The Morgan fingerprint density at radius 2 is 1.67 bits per heavy atom. The number of hydrogen-bond acceptors (Lipinski definition) is 4. The smallest absolute Gasteiger partial charge is 0.346 e. The van der Waals surface area contributed by atoms with Crippen LogP contribution in [0.1, 0.15) is 17.5 Å². The third-order valence-corrected chi connectivity index (χ3v) is 5.51. The van der Waals surface area contributed by atoms with Crippen LogP contribution in [0.5, 0.6) is 5.75 Å². The molecule has 0 fully saturated rings. The molecule has 4 rings (SSSR count). The standard InChI is InChI=1S/C26H25N3O4/c30-25(31)18-33-24-13-7-8-20-16-19(14-15-23(20)24)17-27-28-26(32)29(21-9-3-1-4-10-21)22-11-5-2-6-12-22/h1-13,17,19H,14-16,18H2,(H,28,32)(H,30,31)/b27-17+. The van der Waals surface area contributed by atoms with Gasteiger partial charge in [-0.15, -0.1) is 0 Å². The lowest BCUT2D eigenvalue weighted by Crippen LogP contribution is -2.34. The lowest BCUT2D eigenvalue weighted by Gasteiger charge is -2.24. The van der Waals surface area contributed by atoms with Crippen molar-refractivity contribution in [1.82, 2.24) is 5.43 Å². The maximum Gasteiger partial charge on any atom is 0.346 e. The highest BCUT2D eigenvalue weighted by Crippen LogP contribution is 2.31. The summed E-state index contributed by atoms with van der Waals surface area (Å²) in [6, 6.07) is 24.2. The Balaban J connectivity index is 1.42. The van der Waals surface area contributed by atoms with Gasteiger partial charge in [-0.05, 0) is 60.7 Å². The number of nitrogens with zero attached hydrogens (tertiary/aromatic N) is 2. The van der Waals surface area contributed by atoms with Crippen molar-refractivity contribution in [3.63, 3.8) is 0 Å². The number of carbonyl (C=O) groups is 2. The Bertz CT molecular complexity index is 1090. The Kier molecular flexibility index (Phi) is 6.99. The van der Waals surface area contributed by atoms with Gasteiger partial charge in [0.2, 0.25) is 0 Å². The number of fused-ring (bicyclic) bond motifs is 1. The summed E-state index contributed by atoms with van der Waals surface area (Å²) in [6.07, 6.45) is 4.12. The molecule has 0 spiro atoms. The van der Waals surface area contributed by atoms with Gasteiger partial charge in [0, 0.05) is 12.1 Å². The van der Waals surface area contributed by atoms with E-state index >= 15 is 0 Å². The zero-order valence-corrected chi connectivity index (χ0v) is 18.1. The lowest BCUT2D eigenvalue weighted by atomic mass is 9.84. The molecule has 3 aromatic rings. The summed E-state index contributed by atoms with van der Waals surface area (Å²) < 4.78 is 5.43. The number of carboxylic acids is 1. The summed E-state index contributed by atoms with van der Waals surface area (Å²) in [4.78, 5) is 25.4. The molecular weight excluding hydrogens is 418 g/mol. The fourth-order valence-electron chi connectivity index (χ4n) is 3.99. The molecule has 0 saturated heterocycles. The average molecular weight is 444 g/mol. The molecule has 2 amide bonds. The first kappa shape index (κ1) is 22.1. The minimum Gasteiger partial charge on any atom is -0.482 e. The number of amides is 2. The van der Waals surface area contributed by atoms with Crippen LogP contribution in [0.4, 0.5) is 16.2 Å². The molecule has 1 atom stereocenters. The van der Waals surface area contributed by atoms with Gasteiger partial charge in [0.05, 0.1) is 11.4 Å². The van der Waals surface area contributed by atoms with Gasteiger partial charge in [0.1, 0.15) is 5.75 Å². The molecule has 2 N–H and O–H groups in total. The largest absolute Gasteiger partial charge is 0.482 e. The lowest BCUT2D eigenvalue weighted by molar-refractivity contribution is -0.139. The average Bonchev–Trinajstić information content (AvgIpc) is 2.84. The van der Waals surface area contributed by atoms with Crippen molar-refractivity contribution in [2.24, 2.45) is 11.0 Å². The van der Waals surface area contributed by atoms with Crippen molar-refractivity contribution >= 4 is 29.6 Å².